The number of nitrogens with one attached hydrogen (secondary N) is 3. The fourth-order valence-corrected chi connectivity index (χ4v) is 6.54. The van der Waals surface area contributed by atoms with Crippen molar-refractivity contribution in [3.8, 4) is 28.3 Å². The van der Waals surface area contributed by atoms with Gasteiger partial charge in [-0.25, -0.2) is 23.5 Å². The van der Waals surface area contributed by atoms with Crippen LogP contribution in [-0.2, 0) is 17.5 Å². The molecule has 2 amide bonds. The van der Waals surface area contributed by atoms with Crippen molar-refractivity contribution >= 4 is 22.9 Å². The van der Waals surface area contributed by atoms with E-state index in [0.29, 0.717) is 6.07 Å². The number of alkyl halides is 3. The van der Waals surface area contributed by atoms with Gasteiger partial charge >= 0.3 is 12.3 Å². The summed E-state index contributed by atoms with van der Waals surface area (Å²) in [6, 6.07) is 22.7. The molecule has 0 fully saturated rings. The van der Waals surface area contributed by atoms with Gasteiger partial charge in [0, 0.05) is 35.0 Å². The van der Waals surface area contributed by atoms with E-state index in [4.69, 9.17) is 9.47 Å². The van der Waals surface area contributed by atoms with Crippen LogP contribution in [0.3, 0.4) is 0 Å². The molecule has 0 saturated heterocycles. The second kappa shape index (κ2) is 14.0. The number of imidazole rings is 1. The van der Waals surface area contributed by atoms with Crippen molar-refractivity contribution in [1.29, 1.82) is 0 Å². The number of rotatable bonds is 9. The number of alkyl carbamates (subject to hydrolysis) is 1. The van der Waals surface area contributed by atoms with Gasteiger partial charge in [-0.2, -0.15) is 13.2 Å². The lowest BCUT2D eigenvalue weighted by Crippen LogP contribution is -2.31. The standard InChI is InChI=1S/C39H30F5N5O4/c1-20(46-38(51)53-19-29-25-9-5-3-7-23(25)24-8-4-6-10-26(24)29)33-35(37(50)45-18-21-11-12-22(40)17-30(21)41)49-36(48-33)28-13-15-31(52-2)34-27(28)14-16-32(47-34)39(42,43)44/h3-17,20,29H,18-19H2,1-2H3,(H,45,50)(H,46,51)(H,48,49)/t20-/m1/s1. The molecular formula is C39H30F5N5O4. The molecule has 3 N–H and O–H groups in total. The van der Waals surface area contributed by atoms with Gasteiger partial charge < -0.3 is 25.1 Å². The van der Waals surface area contributed by atoms with Crippen molar-refractivity contribution < 1.29 is 41.0 Å². The maximum Gasteiger partial charge on any atom is 0.433 e. The average Bonchev–Trinajstić information content (AvgIpc) is 3.73. The molecule has 1 atom stereocenters. The first-order valence-electron chi connectivity index (χ1n) is 16.4. The maximum absolute atomic E-state index is 14.4. The number of carbonyl (C=O) groups is 2. The van der Waals surface area contributed by atoms with E-state index in [2.05, 4.69) is 25.6 Å². The fraction of sp³-hybridized carbons (Fsp3) is 0.179. The summed E-state index contributed by atoms with van der Waals surface area (Å²) >= 11 is 0. The summed E-state index contributed by atoms with van der Waals surface area (Å²) in [7, 11) is 1.30. The number of H-pyrrole nitrogens is 1. The molecular weight excluding hydrogens is 697 g/mol. The Bertz CT molecular complexity index is 2330. The monoisotopic (exact) mass is 727 g/mol. The minimum absolute atomic E-state index is 0.00885. The maximum atomic E-state index is 14.4. The summed E-state index contributed by atoms with van der Waals surface area (Å²) in [5, 5.41) is 5.52. The number of hydrogen-bond donors (Lipinski definition) is 3. The Hall–Kier alpha value is -6.31. The van der Waals surface area contributed by atoms with E-state index in [0.717, 1.165) is 34.4 Å². The number of aromatic nitrogens is 3. The Morgan fingerprint density at radius 2 is 1.58 bits per heavy atom. The third-order valence-corrected chi connectivity index (χ3v) is 9.10. The van der Waals surface area contributed by atoms with E-state index >= 15 is 0 Å². The van der Waals surface area contributed by atoms with Crippen LogP contribution < -0.4 is 15.4 Å². The van der Waals surface area contributed by atoms with E-state index in [1.165, 1.54) is 31.4 Å². The summed E-state index contributed by atoms with van der Waals surface area (Å²) in [4.78, 5) is 38.2. The van der Waals surface area contributed by atoms with Crippen molar-refractivity contribution in [2.45, 2.75) is 31.6 Å². The zero-order chi connectivity index (χ0) is 37.4. The van der Waals surface area contributed by atoms with Gasteiger partial charge in [0.25, 0.3) is 5.91 Å². The second-order valence-corrected chi connectivity index (χ2v) is 12.4. The second-order valence-electron chi connectivity index (χ2n) is 12.4. The fourth-order valence-electron chi connectivity index (χ4n) is 6.54. The topological polar surface area (TPSA) is 118 Å². The number of pyridine rings is 1. The first-order valence-corrected chi connectivity index (χ1v) is 16.4. The Labute approximate surface area is 299 Å². The Balaban J connectivity index is 1.18. The van der Waals surface area contributed by atoms with Crippen LogP contribution in [0.5, 0.6) is 5.75 Å². The molecule has 4 aromatic carbocycles. The highest BCUT2D eigenvalue weighted by molar-refractivity contribution is 5.99. The number of methoxy groups -OCH3 is 1. The van der Waals surface area contributed by atoms with Crippen LogP contribution in [0, 0.1) is 11.6 Å². The summed E-state index contributed by atoms with van der Waals surface area (Å²) < 4.78 is 79.6. The molecule has 0 radical (unpaired) electrons. The van der Waals surface area contributed by atoms with Crippen molar-refractivity contribution in [1.82, 2.24) is 25.6 Å². The number of aromatic amines is 1. The third-order valence-electron chi connectivity index (χ3n) is 9.10. The number of hydrogen-bond acceptors (Lipinski definition) is 6. The molecule has 0 bridgehead atoms. The lowest BCUT2D eigenvalue weighted by molar-refractivity contribution is -0.140. The molecule has 14 heteroatoms. The zero-order valence-corrected chi connectivity index (χ0v) is 28.1. The number of amides is 2. The quantitative estimate of drug-likeness (QED) is 0.129. The molecule has 0 saturated carbocycles. The third kappa shape index (κ3) is 6.87. The molecule has 1 aliphatic carbocycles. The first kappa shape index (κ1) is 35.1. The lowest BCUT2D eigenvalue weighted by atomic mass is 9.98. The minimum Gasteiger partial charge on any atom is -0.494 e. The lowest BCUT2D eigenvalue weighted by Gasteiger charge is -2.17. The minimum atomic E-state index is -4.72. The van der Waals surface area contributed by atoms with Crippen LogP contribution in [0.1, 0.15) is 57.5 Å². The van der Waals surface area contributed by atoms with Crippen molar-refractivity contribution in [2.24, 2.45) is 0 Å². The number of halogens is 5. The molecule has 2 heterocycles. The molecule has 270 valence electrons. The molecule has 2 aromatic heterocycles. The largest absolute Gasteiger partial charge is 0.494 e. The van der Waals surface area contributed by atoms with E-state index in [1.54, 1.807) is 6.92 Å². The SMILES string of the molecule is COc1ccc(-c2nc(C(=O)NCc3ccc(F)cc3F)c([C@@H](C)NC(=O)OCC3c4ccccc4-c4ccccc43)[nH]2)c2ccc(C(F)(F)F)nc12. The molecule has 0 unspecified atom stereocenters. The highest BCUT2D eigenvalue weighted by Crippen LogP contribution is 2.44. The number of benzene rings is 4. The van der Waals surface area contributed by atoms with Crippen LogP contribution in [0.25, 0.3) is 33.4 Å². The molecule has 1 aliphatic rings. The number of carbonyl (C=O) groups excluding carboxylic acids is 2. The normalized spacial score (nSPS) is 13.0. The highest BCUT2D eigenvalue weighted by Gasteiger charge is 2.34. The van der Waals surface area contributed by atoms with Crippen LogP contribution in [-0.4, -0.2) is 40.7 Å². The number of ether oxygens (including phenoxy) is 2. The van der Waals surface area contributed by atoms with Crippen LogP contribution in [0.15, 0.2) is 91.0 Å². The number of nitrogens with zero attached hydrogens (tertiary/aromatic N) is 2. The Morgan fingerprint density at radius 1 is 0.887 bits per heavy atom. The summed E-state index contributed by atoms with van der Waals surface area (Å²) in [6.45, 7) is 1.29. The molecule has 0 aliphatic heterocycles. The van der Waals surface area contributed by atoms with Gasteiger partial charge in [-0.05, 0) is 59.5 Å². The summed E-state index contributed by atoms with van der Waals surface area (Å²) in [5.41, 5.74) is 3.14. The average molecular weight is 728 g/mol. The predicted octanol–water partition coefficient (Wildman–Crippen LogP) is 8.46. The molecule has 9 nitrogen and oxygen atoms in total. The Morgan fingerprint density at radius 3 is 2.25 bits per heavy atom. The van der Waals surface area contributed by atoms with Gasteiger partial charge in [-0.1, -0.05) is 54.6 Å². The van der Waals surface area contributed by atoms with Gasteiger partial charge in [0.2, 0.25) is 0 Å². The summed E-state index contributed by atoms with van der Waals surface area (Å²) in [5.74, 6) is -2.49. The van der Waals surface area contributed by atoms with Gasteiger partial charge in [-0.3, -0.25) is 4.79 Å². The predicted molar refractivity (Wildman–Crippen MR) is 185 cm³/mol. The van der Waals surface area contributed by atoms with Crippen molar-refractivity contribution in [2.75, 3.05) is 13.7 Å². The molecule has 0 spiro atoms. The van der Waals surface area contributed by atoms with Crippen LogP contribution in [0.4, 0.5) is 26.7 Å². The van der Waals surface area contributed by atoms with Crippen molar-refractivity contribution in [3.05, 3.63) is 136 Å². The van der Waals surface area contributed by atoms with Gasteiger partial charge in [0.1, 0.15) is 41.0 Å². The van der Waals surface area contributed by atoms with Gasteiger partial charge in [0.15, 0.2) is 5.69 Å². The van der Waals surface area contributed by atoms with E-state index in [-0.39, 0.29) is 64.1 Å². The Kier molecular flexibility index (Phi) is 9.28. The van der Waals surface area contributed by atoms with Crippen molar-refractivity contribution in [3.63, 3.8) is 0 Å². The highest BCUT2D eigenvalue weighted by atomic mass is 19.4. The number of fused-ring (bicyclic) bond motifs is 4. The van der Waals surface area contributed by atoms with Gasteiger partial charge in [0.05, 0.1) is 18.8 Å². The van der Waals surface area contributed by atoms with Gasteiger partial charge in [-0.15, -0.1) is 0 Å². The van der Waals surface area contributed by atoms with E-state index in [1.807, 2.05) is 48.5 Å². The molecule has 6 aromatic rings. The van der Waals surface area contributed by atoms with Crippen LogP contribution >= 0.6 is 0 Å². The molecule has 53 heavy (non-hydrogen) atoms. The van der Waals surface area contributed by atoms with E-state index in [9.17, 15) is 31.5 Å². The van der Waals surface area contributed by atoms with E-state index < -0.39 is 41.5 Å². The first-order chi connectivity index (χ1) is 25.4. The zero-order valence-electron chi connectivity index (χ0n) is 28.1. The molecule has 7 rings (SSSR count). The smallest absolute Gasteiger partial charge is 0.433 e. The summed E-state index contributed by atoms with van der Waals surface area (Å²) in [6.07, 6.45) is -5.50. The van der Waals surface area contributed by atoms with Crippen LogP contribution in [0.2, 0.25) is 0 Å².